The monoisotopic (exact) mass is 485 g/mol. The minimum absolute atomic E-state index is 0.0257. The third-order valence-corrected chi connectivity index (χ3v) is 7.85. The molecule has 4 aromatic rings. The van der Waals surface area contributed by atoms with E-state index in [0.717, 1.165) is 44.1 Å². The fourth-order valence-electron chi connectivity index (χ4n) is 4.72. The lowest BCUT2D eigenvalue weighted by molar-refractivity contribution is 0.104. The van der Waals surface area contributed by atoms with E-state index in [0.29, 0.717) is 12.2 Å². The van der Waals surface area contributed by atoms with Gasteiger partial charge in [-0.1, -0.05) is 30.7 Å². The van der Waals surface area contributed by atoms with Gasteiger partial charge in [0.2, 0.25) is 0 Å². The molecular weight excluding hydrogens is 454 g/mol. The maximum atomic E-state index is 13.8. The van der Waals surface area contributed by atoms with Crippen LogP contribution in [0.4, 0.5) is 0 Å². The van der Waals surface area contributed by atoms with Crippen LogP contribution < -0.4 is 9.47 Å². The molecule has 0 saturated carbocycles. The molecular formula is C30H31NO3S. The molecule has 0 N–H and O–H groups in total. The number of ether oxygens (including phenoxy) is 2. The molecule has 0 spiro atoms. The quantitative estimate of drug-likeness (QED) is 0.252. The molecule has 3 aromatic carbocycles. The van der Waals surface area contributed by atoms with Gasteiger partial charge in [-0.05, 0) is 86.4 Å². The van der Waals surface area contributed by atoms with Crippen LogP contribution in [0.5, 0.6) is 11.5 Å². The number of rotatable bonds is 8. The van der Waals surface area contributed by atoms with Crippen molar-refractivity contribution in [2.24, 2.45) is 0 Å². The van der Waals surface area contributed by atoms with Crippen LogP contribution in [0.3, 0.4) is 0 Å². The molecule has 1 aliphatic rings. The van der Waals surface area contributed by atoms with Crippen molar-refractivity contribution in [1.29, 1.82) is 0 Å². The summed E-state index contributed by atoms with van der Waals surface area (Å²) in [6.07, 6.45) is 3.90. The maximum Gasteiger partial charge on any atom is 0.195 e. The summed E-state index contributed by atoms with van der Waals surface area (Å²) in [4.78, 5) is 17.2. The van der Waals surface area contributed by atoms with E-state index in [9.17, 15) is 4.79 Å². The zero-order chi connectivity index (χ0) is 24.2. The summed E-state index contributed by atoms with van der Waals surface area (Å²) in [5, 5.41) is 0.991. The number of piperidine rings is 1. The second-order valence-electron chi connectivity index (χ2n) is 9.14. The van der Waals surface area contributed by atoms with Gasteiger partial charge in [0.25, 0.3) is 0 Å². The molecule has 4 nitrogen and oxygen atoms in total. The molecule has 0 unspecified atom stereocenters. The summed E-state index contributed by atoms with van der Waals surface area (Å²) in [6.45, 7) is 6.03. The number of aryl methyl sites for hydroxylation is 1. The molecule has 1 fully saturated rings. The lowest BCUT2D eigenvalue weighted by Crippen LogP contribution is -2.33. The minimum Gasteiger partial charge on any atom is -0.497 e. The van der Waals surface area contributed by atoms with Crippen LogP contribution in [0.25, 0.3) is 20.5 Å². The van der Waals surface area contributed by atoms with Gasteiger partial charge in [-0.15, -0.1) is 11.3 Å². The Bertz CT molecular complexity index is 1320. The number of nitrogens with zero attached hydrogens (tertiary/aromatic N) is 1. The van der Waals surface area contributed by atoms with Gasteiger partial charge in [0, 0.05) is 32.6 Å². The smallest absolute Gasteiger partial charge is 0.195 e. The van der Waals surface area contributed by atoms with Crippen molar-refractivity contribution in [2.75, 3.05) is 33.4 Å². The summed E-state index contributed by atoms with van der Waals surface area (Å²) in [5.74, 6) is 1.61. The van der Waals surface area contributed by atoms with Gasteiger partial charge in [0.1, 0.15) is 18.1 Å². The molecule has 1 saturated heterocycles. The number of fused-ring (bicyclic) bond motifs is 1. The van der Waals surface area contributed by atoms with Crippen molar-refractivity contribution in [3.63, 3.8) is 0 Å². The van der Waals surface area contributed by atoms with Crippen molar-refractivity contribution in [3.8, 4) is 21.9 Å². The van der Waals surface area contributed by atoms with E-state index in [1.54, 1.807) is 18.4 Å². The first-order valence-corrected chi connectivity index (χ1v) is 13.1. The summed E-state index contributed by atoms with van der Waals surface area (Å²) in [5.41, 5.74) is 3.58. The number of thiophene rings is 1. The molecule has 5 heteroatoms. The van der Waals surface area contributed by atoms with Gasteiger partial charge in [-0.2, -0.15) is 0 Å². The van der Waals surface area contributed by atoms with E-state index in [4.69, 9.17) is 9.47 Å². The lowest BCUT2D eigenvalue weighted by atomic mass is 9.97. The van der Waals surface area contributed by atoms with Crippen molar-refractivity contribution in [1.82, 2.24) is 4.90 Å². The Balaban J connectivity index is 1.40. The molecule has 1 aliphatic heterocycles. The highest BCUT2D eigenvalue weighted by Crippen LogP contribution is 2.41. The maximum absolute atomic E-state index is 13.8. The number of carbonyl (C=O) groups excluding carboxylic acids is 1. The number of likely N-dealkylation sites (tertiary alicyclic amines) is 1. The van der Waals surface area contributed by atoms with E-state index in [2.05, 4.69) is 30.0 Å². The highest BCUT2D eigenvalue weighted by molar-refractivity contribution is 7.22. The lowest BCUT2D eigenvalue weighted by Gasteiger charge is -2.26. The van der Waals surface area contributed by atoms with Crippen molar-refractivity contribution < 1.29 is 14.3 Å². The highest BCUT2D eigenvalue weighted by Gasteiger charge is 2.22. The average molecular weight is 486 g/mol. The Morgan fingerprint density at radius 3 is 2.51 bits per heavy atom. The van der Waals surface area contributed by atoms with Crippen LogP contribution in [0, 0.1) is 6.92 Å². The first-order chi connectivity index (χ1) is 17.1. The Kier molecular flexibility index (Phi) is 7.16. The molecule has 1 aromatic heterocycles. The minimum atomic E-state index is 0.0257. The number of hydrogen-bond donors (Lipinski definition) is 0. The summed E-state index contributed by atoms with van der Waals surface area (Å²) in [7, 11) is 1.66. The van der Waals surface area contributed by atoms with Crippen LogP contribution in [-0.2, 0) is 0 Å². The number of methoxy groups -OCH3 is 1. The van der Waals surface area contributed by atoms with E-state index >= 15 is 0 Å². The third-order valence-electron chi connectivity index (χ3n) is 6.65. The van der Waals surface area contributed by atoms with Crippen LogP contribution in [-0.4, -0.2) is 44.0 Å². The molecule has 0 atom stereocenters. The van der Waals surface area contributed by atoms with Crippen LogP contribution in [0.2, 0.25) is 0 Å². The fraction of sp³-hybridized carbons (Fsp3) is 0.300. The van der Waals surface area contributed by atoms with Crippen LogP contribution in [0.1, 0.15) is 40.7 Å². The number of hydrogen-bond acceptors (Lipinski definition) is 5. The number of benzene rings is 3. The van der Waals surface area contributed by atoms with Crippen LogP contribution in [0.15, 0.2) is 66.7 Å². The summed E-state index contributed by atoms with van der Waals surface area (Å²) < 4.78 is 12.5. The molecule has 5 rings (SSSR count). The summed E-state index contributed by atoms with van der Waals surface area (Å²) >= 11 is 1.66. The topological polar surface area (TPSA) is 38.8 Å². The van der Waals surface area contributed by atoms with Crippen LogP contribution >= 0.6 is 11.3 Å². The highest BCUT2D eigenvalue weighted by atomic mass is 32.1. The molecule has 0 radical (unpaired) electrons. The largest absolute Gasteiger partial charge is 0.497 e. The van der Waals surface area contributed by atoms with Gasteiger partial charge >= 0.3 is 0 Å². The van der Waals surface area contributed by atoms with Crippen molar-refractivity contribution in [2.45, 2.75) is 26.2 Å². The normalized spacial score (nSPS) is 14.2. The standard InChI is InChI=1S/C30H31NO3S/c1-21-9-14-26-27(19-21)35-30(23-7-6-8-25(20-23)33-2)28(26)29(32)22-10-12-24(13-11-22)34-18-17-31-15-4-3-5-16-31/h6-14,19-20H,3-5,15-18H2,1-2H3. The first kappa shape index (κ1) is 23.6. The second kappa shape index (κ2) is 10.6. The van der Waals surface area contributed by atoms with Crippen molar-refractivity contribution >= 4 is 27.2 Å². The van der Waals surface area contributed by atoms with Gasteiger partial charge in [-0.3, -0.25) is 9.69 Å². The Labute approximate surface area is 211 Å². The molecule has 0 bridgehead atoms. The van der Waals surface area contributed by atoms with E-state index in [1.165, 1.54) is 37.9 Å². The predicted molar refractivity (Wildman–Crippen MR) is 144 cm³/mol. The zero-order valence-electron chi connectivity index (χ0n) is 20.4. The van der Waals surface area contributed by atoms with E-state index in [-0.39, 0.29) is 5.78 Å². The third kappa shape index (κ3) is 5.26. The molecule has 2 heterocycles. The SMILES string of the molecule is COc1cccc(-c2sc3cc(C)ccc3c2C(=O)c2ccc(OCCN3CCCCC3)cc2)c1. The van der Waals surface area contributed by atoms with Crippen molar-refractivity contribution in [3.05, 3.63) is 83.4 Å². The number of ketones is 1. The van der Waals surface area contributed by atoms with Gasteiger partial charge in [-0.25, -0.2) is 0 Å². The van der Waals surface area contributed by atoms with E-state index in [1.807, 2.05) is 48.5 Å². The van der Waals surface area contributed by atoms with Gasteiger partial charge < -0.3 is 9.47 Å². The van der Waals surface area contributed by atoms with Gasteiger partial charge in [0.15, 0.2) is 5.78 Å². The molecule has 0 amide bonds. The molecule has 180 valence electrons. The Morgan fingerprint density at radius 2 is 1.74 bits per heavy atom. The van der Waals surface area contributed by atoms with E-state index < -0.39 is 0 Å². The number of carbonyl (C=O) groups is 1. The average Bonchev–Trinajstić information content (AvgIpc) is 3.28. The fourth-order valence-corrected chi connectivity index (χ4v) is 6.01. The molecule has 0 aliphatic carbocycles. The van der Waals surface area contributed by atoms with Gasteiger partial charge in [0.05, 0.1) is 7.11 Å². The predicted octanol–water partition coefficient (Wildman–Crippen LogP) is 6.98. The Morgan fingerprint density at radius 1 is 0.943 bits per heavy atom. The summed E-state index contributed by atoms with van der Waals surface area (Å²) in [6, 6.07) is 21.8. The first-order valence-electron chi connectivity index (χ1n) is 12.3. The second-order valence-corrected chi connectivity index (χ2v) is 10.2. The molecule has 35 heavy (non-hydrogen) atoms. The Hall–Kier alpha value is -3.15. The zero-order valence-corrected chi connectivity index (χ0v) is 21.2.